The van der Waals surface area contributed by atoms with Gasteiger partial charge in [-0.25, -0.2) is 4.39 Å². The molecule has 0 spiro atoms. The van der Waals surface area contributed by atoms with Gasteiger partial charge >= 0.3 is 11.9 Å². The molecule has 220 valence electrons. The largest absolute Gasteiger partial charge is 0.494 e. The zero-order valence-corrected chi connectivity index (χ0v) is 23.9. The van der Waals surface area contributed by atoms with Crippen LogP contribution in [0.15, 0.2) is 60.8 Å². The highest BCUT2D eigenvalue weighted by atomic mass is 19.1. The number of hydrogen-bond acceptors (Lipinski definition) is 4. The van der Waals surface area contributed by atoms with Gasteiger partial charge in [0.2, 0.25) is 0 Å². The first-order valence-electron chi connectivity index (χ1n) is 14.1. The Balaban J connectivity index is 1.33. The molecule has 3 aromatic carbocycles. The van der Waals surface area contributed by atoms with Crippen molar-refractivity contribution in [1.82, 2.24) is 4.57 Å². The number of carbonyl (C=O) groups is 2. The van der Waals surface area contributed by atoms with Gasteiger partial charge in [-0.1, -0.05) is 36.4 Å². The Morgan fingerprint density at radius 1 is 0.881 bits per heavy atom. The molecule has 0 aliphatic carbocycles. The quantitative estimate of drug-likeness (QED) is 0.114. The highest BCUT2D eigenvalue weighted by Crippen LogP contribution is 2.28. The summed E-state index contributed by atoms with van der Waals surface area (Å²) in [5.74, 6) is -0.516. The van der Waals surface area contributed by atoms with Crippen LogP contribution in [0.4, 0.5) is 4.39 Å². The highest BCUT2D eigenvalue weighted by molar-refractivity contribution is 5.96. The van der Waals surface area contributed by atoms with Gasteiger partial charge < -0.3 is 24.3 Å². The second kappa shape index (κ2) is 14.3. The number of benzene rings is 3. The Morgan fingerprint density at radius 2 is 1.57 bits per heavy atom. The molecule has 0 amide bonds. The van der Waals surface area contributed by atoms with E-state index in [-0.39, 0.29) is 18.7 Å². The normalized spacial score (nSPS) is 11.3. The molecule has 8 heteroatoms. The van der Waals surface area contributed by atoms with Crippen LogP contribution in [0.2, 0.25) is 0 Å². The van der Waals surface area contributed by atoms with Crippen LogP contribution < -0.4 is 9.47 Å². The number of carboxylic acids is 2. The van der Waals surface area contributed by atoms with Crippen molar-refractivity contribution in [3.63, 3.8) is 0 Å². The number of fused-ring (bicyclic) bond motifs is 1. The Morgan fingerprint density at radius 3 is 2.24 bits per heavy atom. The van der Waals surface area contributed by atoms with Crippen molar-refractivity contribution < 1.29 is 33.7 Å². The molecule has 0 aliphatic rings. The monoisotopic (exact) mass is 573 g/mol. The number of aromatic nitrogens is 1. The third-order valence-corrected chi connectivity index (χ3v) is 6.96. The lowest BCUT2D eigenvalue weighted by Gasteiger charge is -2.12. The SMILES string of the molecule is Cc1cc(F)cc(C)c1OCCCCOc1ccc(C=Cc2cccc3c2c(CC(=O)O)cn3CCCC(=O)O)cc1. The number of unbranched alkanes of at least 4 members (excludes halogenated alkanes) is 1. The van der Waals surface area contributed by atoms with E-state index in [4.69, 9.17) is 14.6 Å². The first-order valence-corrected chi connectivity index (χ1v) is 14.1. The molecular weight excluding hydrogens is 537 g/mol. The molecule has 4 rings (SSSR count). The van der Waals surface area contributed by atoms with Crippen molar-refractivity contribution in [1.29, 1.82) is 0 Å². The molecule has 42 heavy (non-hydrogen) atoms. The summed E-state index contributed by atoms with van der Waals surface area (Å²) in [6, 6.07) is 16.5. The van der Waals surface area contributed by atoms with Crippen molar-refractivity contribution in [2.75, 3.05) is 13.2 Å². The van der Waals surface area contributed by atoms with Gasteiger partial charge in [-0.15, -0.1) is 0 Å². The summed E-state index contributed by atoms with van der Waals surface area (Å²) < 4.78 is 27.1. The fraction of sp³-hybridized carbons (Fsp3) is 0.294. The van der Waals surface area contributed by atoms with Crippen LogP contribution in [0.25, 0.3) is 23.1 Å². The average Bonchev–Trinajstić information content (AvgIpc) is 3.28. The Labute approximate surface area is 244 Å². The van der Waals surface area contributed by atoms with E-state index in [1.165, 1.54) is 12.1 Å². The maximum absolute atomic E-state index is 13.5. The molecule has 0 unspecified atom stereocenters. The van der Waals surface area contributed by atoms with Crippen molar-refractivity contribution in [2.45, 2.75) is 52.5 Å². The van der Waals surface area contributed by atoms with E-state index >= 15 is 0 Å². The third kappa shape index (κ3) is 8.22. The lowest BCUT2D eigenvalue weighted by atomic mass is 10.0. The molecule has 2 N–H and O–H groups in total. The summed E-state index contributed by atoms with van der Waals surface area (Å²) in [5.41, 5.74) is 5.04. The van der Waals surface area contributed by atoms with Gasteiger partial charge in [-0.05, 0) is 91.3 Å². The van der Waals surface area contributed by atoms with Crippen LogP contribution in [-0.4, -0.2) is 39.9 Å². The highest BCUT2D eigenvalue weighted by Gasteiger charge is 2.14. The number of hydrogen-bond donors (Lipinski definition) is 2. The minimum Gasteiger partial charge on any atom is -0.494 e. The first kappa shape index (κ1) is 30.4. The summed E-state index contributed by atoms with van der Waals surface area (Å²) in [5, 5.41) is 19.3. The maximum Gasteiger partial charge on any atom is 0.307 e. The smallest absolute Gasteiger partial charge is 0.307 e. The van der Waals surface area contributed by atoms with E-state index in [0.29, 0.717) is 31.7 Å². The van der Waals surface area contributed by atoms with Gasteiger partial charge in [0, 0.05) is 30.1 Å². The molecule has 1 heterocycles. The summed E-state index contributed by atoms with van der Waals surface area (Å²) in [7, 11) is 0. The van der Waals surface area contributed by atoms with E-state index in [2.05, 4.69) is 0 Å². The summed E-state index contributed by atoms with van der Waals surface area (Å²) in [6.07, 6.45) is 7.80. The second-order valence-corrected chi connectivity index (χ2v) is 10.3. The number of rotatable bonds is 15. The van der Waals surface area contributed by atoms with Crippen molar-refractivity contribution >= 4 is 35.0 Å². The zero-order valence-electron chi connectivity index (χ0n) is 23.9. The molecule has 0 atom stereocenters. The van der Waals surface area contributed by atoms with E-state index in [9.17, 15) is 19.1 Å². The van der Waals surface area contributed by atoms with Crippen LogP contribution in [0.5, 0.6) is 11.5 Å². The van der Waals surface area contributed by atoms with Crippen molar-refractivity contribution in [3.8, 4) is 11.5 Å². The van der Waals surface area contributed by atoms with Gasteiger partial charge in [0.1, 0.15) is 17.3 Å². The number of aliphatic carboxylic acids is 2. The predicted molar refractivity (Wildman–Crippen MR) is 162 cm³/mol. The molecule has 1 aromatic heterocycles. The van der Waals surface area contributed by atoms with E-state index in [1.807, 2.05) is 79.2 Å². The van der Waals surface area contributed by atoms with Gasteiger partial charge in [0.15, 0.2) is 0 Å². The van der Waals surface area contributed by atoms with Crippen molar-refractivity contribution in [2.24, 2.45) is 0 Å². The van der Waals surface area contributed by atoms with Gasteiger partial charge in [0.05, 0.1) is 19.6 Å². The Bertz CT molecular complexity index is 1550. The molecule has 0 aliphatic heterocycles. The first-order chi connectivity index (χ1) is 20.2. The Hall–Kier alpha value is -4.59. The fourth-order valence-corrected chi connectivity index (χ4v) is 5.05. The maximum atomic E-state index is 13.5. The predicted octanol–water partition coefficient (Wildman–Crippen LogP) is 7.30. The number of aryl methyl sites for hydroxylation is 3. The summed E-state index contributed by atoms with van der Waals surface area (Å²) >= 11 is 0. The lowest BCUT2D eigenvalue weighted by molar-refractivity contribution is -0.137. The van der Waals surface area contributed by atoms with Crippen LogP contribution in [-0.2, 0) is 22.6 Å². The third-order valence-electron chi connectivity index (χ3n) is 6.96. The van der Waals surface area contributed by atoms with Crippen LogP contribution in [0, 0.1) is 19.7 Å². The van der Waals surface area contributed by atoms with E-state index in [1.54, 1.807) is 0 Å². The second-order valence-electron chi connectivity index (χ2n) is 10.3. The fourth-order valence-electron chi connectivity index (χ4n) is 5.05. The minimum atomic E-state index is -0.917. The van der Waals surface area contributed by atoms with Crippen LogP contribution in [0.3, 0.4) is 0 Å². The lowest BCUT2D eigenvalue weighted by Crippen LogP contribution is -2.04. The number of halogens is 1. The molecule has 4 aromatic rings. The summed E-state index contributed by atoms with van der Waals surface area (Å²) in [6.45, 7) is 5.27. The number of ether oxygens (including phenoxy) is 2. The molecule has 0 saturated heterocycles. The number of nitrogens with zero attached hydrogens (tertiary/aromatic N) is 1. The van der Waals surface area contributed by atoms with Gasteiger partial charge in [-0.3, -0.25) is 9.59 Å². The van der Waals surface area contributed by atoms with Gasteiger partial charge in [0.25, 0.3) is 0 Å². The van der Waals surface area contributed by atoms with Crippen LogP contribution in [0.1, 0.15) is 53.5 Å². The molecule has 0 fully saturated rings. The van der Waals surface area contributed by atoms with E-state index < -0.39 is 11.9 Å². The standard InChI is InChI=1S/C34H36FNO6/c1-23-19-28(35)20-24(2)34(23)42-18-4-3-17-41-29-14-11-25(12-15-29)10-13-26-7-5-8-30-33(26)27(21-32(39)40)22-36(30)16-6-9-31(37)38/h5,7-8,10-15,19-20,22H,3-4,6,9,16-18,21H2,1-2H3,(H,37,38)(H,39,40). The Kier molecular flexibility index (Phi) is 10.4. The zero-order chi connectivity index (χ0) is 30.1. The molecule has 0 saturated carbocycles. The van der Waals surface area contributed by atoms with Gasteiger partial charge in [-0.2, -0.15) is 0 Å². The van der Waals surface area contributed by atoms with Crippen molar-refractivity contribution in [3.05, 3.63) is 94.4 Å². The van der Waals surface area contributed by atoms with E-state index in [0.717, 1.165) is 57.5 Å². The number of carboxylic acid groups (broad SMARTS) is 2. The molecular formula is C34H36FNO6. The molecule has 0 radical (unpaired) electrons. The van der Waals surface area contributed by atoms with Crippen LogP contribution >= 0.6 is 0 Å². The molecule has 0 bridgehead atoms. The average molecular weight is 574 g/mol. The molecule has 7 nitrogen and oxygen atoms in total. The summed E-state index contributed by atoms with van der Waals surface area (Å²) in [4.78, 5) is 22.5. The minimum absolute atomic E-state index is 0.0542. The topological polar surface area (TPSA) is 98.0 Å².